The van der Waals surface area contributed by atoms with Crippen molar-refractivity contribution in [3.8, 4) is 0 Å². The molecule has 0 heterocycles. The minimum atomic E-state index is -3.72. The highest BCUT2D eigenvalue weighted by Crippen LogP contribution is 2.23. The Hall–Kier alpha value is -2.46. The monoisotopic (exact) mass is 411 g/mol. The summed E-state index contributed by atoms with van der Waals surface area (Å²) in [5.74, 6) is -1.65. The lowest BCUT2D eigenvalue weighted by Gasteiger charge is -2.20. The van der Waals surface area contributed by atoms with Gasteiger partial charge in [-0.2, -0.15) is 0 Å². The second kappa shape index (κ2) is 8.27. The van der Waals surface area contributed by atoms with Crippen LogP contribution >= 0.6 is 0 Å². The van der Waals surface area contributed by atoms with Gasteiger partial charge in [0.1, 0.15) is 0 Å². The fourth-order valence-corrected chi connectivity index (χ4v) is 3.55. The van der Waals surface area contributed by atoms with Crippen molar-refractivity contribution in [3.05, 3.63) is 29.3 Å². The highest BCUT2D eigenvalue weighted by atomic mass is 32.2. The molecule has 154 valence electrons. The second-order valence-electron chi connectivity index (χ2n) is 7.70. The van der Waals surface area contributed by atoms with E-state index in [4.69, 9.17) is 4.74 Å². The summed E-state index contributed by atoms with van der Waals surface area (Å²) in [5, 5.41) is 4.59. The maximum Gasteiger partial charge on any atom is 0.338 e. The summed E-state index contributed by atoms with van der Waals surface area (Å²) < 4.78 is 32.0. The number of aryl methyl sites for hydroxylation is 1. The highest BCUT2D eigenvalue weighted by Gasteiger charge is 2.28. The molecule has 28 heavy (non-hydrogen) atoms. The standard InChI is InChI=1S/C18H25N3O6S/c1-11-5-8-13(28(25,26)21-12-6-7-12)9-14(11)16(23)27-10-15(22)19-17(24)20-18(2,3)4/h5,8-9,12,21H,6-7,10H2,1-4H3,(H2,19,20,22,24). The predicted octanol–water partition coefficient (Wildman–Crippen LogP) is 1.22. The van der Waals surface area contributed by atoms with E-state index in [2.05, 4.69) is 10.0 Å². The molecule has 1 fully saturated rings. The number of benzene rings is 1. The van der Waals surface area contributed by atoms with Crippen molar-refractivity contribution >= 4 is 27.9 Å². The SMILES string of the molecule is Cc1ccc(S(=O)(=O)NC2CC2)cc1C(=O)OCC(=O)NC(=O)NC(C)(C)C. The number of carbonyl (C=O) groups is 3. The summed E-state index contributed by atoms with van der Waals surface area (Å²) in [7, 11) is -3.72. The van der Waals surface area contributed by atoms with E-state index in [-0.39, 0.29) is 16.5 Å². The second-order valence-corrected chi connectivity index (χ2v) is 9.41. The number of amides is 3. The molecular formula is C18H25N3O6S. The molecule has 0 aromatic heterocycles. The molecule has 1 aliphatic rings. The maximum atomic E-state index is 12.3. The number of imide groups is 1. The molecule has 0 atom stereocenters. The van der Waals surface area contributed by atoms with Crippen LogP contribution in [0.15, 0.2) is 23.1 Å². The van der Waals surface area contributed by atoms with Crippen LogP contribution in [0.3, 0.4) is 0 Å². The quantitative estimate of drug-likeness (QED) is 0.603. The van der Waals surface area contributed by atoms with Crippen LogP contribution in [0.1, 0.15) is 49.5 Å². The van der Waals surface area contributed by atoms with E-state index in [1.807, 2.05) is 5.32 Å². The molecule has 3 amide bonds. The molecule has 0 bridgehead atoms. The zero-order valence-electron chi connectivity index (χ0n) is 16.3. The average molecular weight is 411 g/mol. The van der Waals surface area contributed by atoms with Crippen LogP contribution in [0.5, 0.6) is 0 Å². The van der Waals surface area contributed by atoms with Crippen LogP contribution in [0.4, 0.5) is 4.79 Å². The van der Waals surface area contributed by atoms with E-state index >= 15 is 0 Å². The molecule has 2 rings (SSSR count). The Morgan fingerprint density at radius 2 is 1.82 bits per heavy atom. The summed E-state index contributed by atoms with van der Waals surface area (Å²) in [5.41, 5.74) is 0.00496. The van der Waals surface area contributed by atoms with Crippen LogP contribution in [-0.4, -0.2) is 44.5 Å². The molecule has 9 nitrogen and oxygen atoms in total. The third kappa shape index (κ3) is 6.61. The first-order valence-electron chi connectivity index (χ1n) is 8.79. The van der Waals surface area contributed by atoms with E-state index in [1.54, 1.807) is 27.7 Å². The molecular weight excluding hydrogens is 386 g/mol. The number of hydrogen-bond acceptors (Lipinski definition) is 6. The van der Waals surface area contributed by atoms with Gasteiger partial charge in [-0.15, -0.1) is 0 Å². The Labute approximate surface area is 164 Å². The van der Waals surface area contributed by atoms with Crippen molar-refractivity contribution in [3.63, 3.8) is 0 Å². The molecule has 1 aromatic carbocycles. The molecule has 0 unspecified atom stereocenters. The minimum Gasteiger partial charge on any atom is -0.452 e. The number of sulfonamides is 1. The fraction of sp³-hybridized carbons (Fsp3) is 0.500. The van der Waals surface area contributed by atoms with E-state index < -0.39 is 40.1 Å². The van der Waals surface area contributed by atoms with Gasteiger partial charge in [-0.05, 0) is 58.2 Å². The van der Waals surface area contributed by atoms with Crippen LogP contribution in [0, 0.1) is 6.92 Å². The van der Waals surface area contributed by atoms with Crippen molar-refractivity contribution in [2.45, 2.75) is 57.0 Å². The molecule has 0 spiro atoms. The van der Waals surface area contributed by atoms with E-state index in [0.29, 0.717) is 5.56 Å². The van der Waals surface area contributed by atoms with E-state index in [9.17, 15) is 22.8 Å². The van der Waals surface area contributed by atoms with Crippen molar-refractivity contribution in [2.75, 3.05) is 6.61 Å². The van der Waals surface area contributed by atoms with E-state index in [0.717, 1.165) is 12.8 Å². The average Bonchev–Trinajstić information content (AvgIpc) is 3.34. The summed E-state index contributed by atoms with van der Waals surface area (Å²) in [6.45, 7) is 6.20. The molecule has 1 aliphatic carbocycles. The van der Waals surface area contributed by atoms with Crippen molar-refractivity contribution < 1.29 is 27.5 Å². The van der Waals surface area contributed by atoms with Gasteiger partial charge in [-0.25, -0.2) is 22.7 Å². The van der Waals surface area contributed by atoms with Gasteiger partial charge in [0.15, 0.2) is 6.61 Å². The van der Waals surface area contributed by atoms with E-state index in [1.165, 1.54) is 18.2 Å². The largest absolute Gasteiger partial charge is 0.452 e. The normalized spacial score (nSPS) is 14.3. The first kappa shape index (κ1) is 21.8. The summed E-state index contributed by atoms with van der Waals surface area (Å²) in [4.78, 5) is 35.6. The highest BCUT2D eigenvalue weighted by molar-refractivity contribution is 7.89. The number of urea groups is 1. The smallest absolute Gasteiger partial charge is 0.338 e. The van der Waals surface area contributed by atoms with Crippen LogP contribution in [-0.2, 0) is 19.6 Å². The topological polar surface area (TPSA) is 131 Å². The molecule has 0 radical (unpaired) electrons. The summed E-state index contributed by atoms with van der Waals surface area (Å²) in [6.07, 6.45) is 1.58. The third-order valence-corrected chi connectivity index (χ3v) is 5.23. The van der Waals surface area contributed by atoms with Crippen LogP contribution in [0.25, 0.3) is 0 Å². The maximum absolute atomic E-state index is 12.3. The van der Waals surface area contributed by atoms with Gasteiger partial charge in [0, 0.05) is 11.6 Å². The minimum absolute atomic E-state index is 0.0330. The molecule has 1 aromatic rings. The number of rotatable bonds is 6. The summed E-state index contributed by atoms with van der Waals surface area (Å²) in [6, 6.07) is 3.34. The number of hydrogen-bond donors (Lipinski definition) is 3. The Kier molecular flexibility index (Phi) is 6.45. The fourth-order valence-electron chi connectivity index (χ4n) is 2.22. The number of esters is 1. The Morgan fingerprint density at radius 3 is 2.39 bits per heavy atom. The summed E-state index contributed by atoms with van der Waals surface area (Å²) >= 11 is 0. The molecule has 0 saturated heterocycles. The van der Waals surface area contributed by atoms with Gasteiger partial charge >= 0.3 is 12.0 Å². The third-order valence-electron chi connectivity index (χ3n) is 3.71. The van der Waals surface area contributed by atoms with Gasteiger partial charge in [0.05, 0.1) is 10.5 Å². The lowest BCUT2D eigenvalue weighted by atomic mass is 10.1. The number of ether oxygens (including phenoxy) is 1. The lowest BCUT2D eigenvalue weighted by molar-refractivity contribution is -0.123. The van der Waals surface area contributed by atoms with Crippen molar-refractivity contribution in [2.24, 2.45) is 0 Å². The number of carbonyl (C=O) groups excluding carboxylic acids is 3. The zero-order valence-corrected chi connectivity index (χ0v) is 17.1. The zero-order chi connectivity index (χ0) is 21.1. The molecule has 1 saturated carbocycles. The molecule has 10 heteroatoms. The van der Waals surface area contributed by atoms with Gasteiger partial charge in [0.2, 0.25) is 10.0 Å². The molecule has 0 aliphatic heterocycles. The lowest BCUT2D eigenvalue weighted by Crippen LogP contribution is -2.49. The van der Waals surface area contributed by atoms with Crippen LogP contribution in [0.2, 0.25) is 0 Å². The van der Waals surface area contributed by atoms with Crippen molar-refractivity contribution in [1.29, 1.82) is 0 Å². The van der Waals surface area contributed by atoms with Gasteiger partial charge in [-0.1, -0.05) is 6.07 Å². The van der Waals surface area contributed by atoms with Crippen molar-refractivity contribution in [1.82, 2.24) is 15.4 Å². The Bertz CT molecular complexity index is 885. The number of nitrogens with one attached hydrogen (secondary N) is 3. The molecule has 3 N–H and O–H groups in total. The first-order valence-corrected chi connectivity index (χ1v) is 10.3. The van der Waals surface area contributed by atoms with Gasteiger partial charge in [0.25, 0.3) is 5.91 Å². The van der Waals surface area contributed by atoms with Crippen LogP contribution < -0.4 is 15.4 Å². The first-order chi connectivity index (χ1) is 12.9. The Morgan fingerprint density at radius 1 is 1.18 bits per heavy atom. The van der Waals surface area contributed by atoms with Gasteiger partial charge < -0.3 is 10.1 Å². The predicted molar refractivity (Wildman–Crippen MR) is 101 cm³/mol. The van der Waals surface area contributed by atoms with Gasteiger partial charge in [-0.3, -0.25) is 10.1 Å². The Balaban J connectivity index is 1.99.